The highest BCUT2D eigenvalue weighted by Gasteiger charge is 2.38. The standard InChI is InChI=1S/C25H18Cl2/c26-23-15-11-21(12-16-23)25(19-7-3-1-4-8-19,20-9-5-2-6-10-20)22-13-17-24(27)18-14-22/h1-18H. The Morgan fingerprint density at radius 3 is 1.00 bits per heavy atom. The van der Waals surface area contributed by atoms with E-state index in [1.165, 1.54) is 11.1 Å². The third-order valence-electron chi connectivity index (χ3n) is 4.97. The zero-order valence-corrected chi connectivity index (χ0v) is 16.2. The van der Waals surface area contributed by atoms with E-state index in [9.17, 15) is 0 Å². The second-order valence-electron chi connectivity index (χ2n) is 6.50. The normalized spacial score (nSPS) is 11.3. The van der Waals surface area contributed by atoms with Crippen LogP contribution in [0, 0.1) is 0 Å². The van der Waals surface area contributed by atoms with Crippen molar-refractivity contribution in [2.45, 2.75) is 5.41 Å². The zero-order chi connectivity index (χ0) is 18.7. The molecule has 0 N–H and O–H groups in total. The van der Waals surface area contributed by atoms with Gasteiger partial charge in [0.2, 0.25) is 0 Å². The second kappa shape index (κ2) is 7.60. The monoisotopic (exact) mass is 388 g/mol. The summed E-state index contributed by atoms with van der Waals surface area (Å²) in [5, 5.41) is 1.45. The van der Waals surface area contributed by atoms with E-state index in [1.807, 2.05) is 36.4 Å². The van der Waals surface area contributed by atoms with Crippen molar-refractivity contribution in [1.29, 1.82) is 0 Å². The first kappa shape index (κ1) is 17.9. The maximum Gasteiger partial charge on any atom is 0.0701 e. The highest BCUT2D eigenvalue weighted by molar-refractivity contribution is 6.30. The molecule has 0 unspecified atom stereocenters. The summed E-state index contributed by atoms with van der Waals surface area (Å²) in [6.07, 6.45) is 0. The fraction of sp³-hybridized carbons (Fsp3) is 0.0400. The average molecular weight is 389 g/mol. The summed E-state index contributed by atoms with van der Waals surface area (Å²) in [5.74, 6) is 0. The summed E-state index contributed by atoms with van der Waals surface area (Å²) < 4.78 is 0. The molecular formula is C25H18Cl2. The summed E-state index contributed by atoms with van der Waals surface area (Å²) in [5.41, 5.74) is 4.25. The van der Waals surface area contributed by atoms with E-state index in [1.54, 1.807) is 0 Å². The van der Waals surface area contributed by atoms with Crippen molar-refractivity contribution >= 4 is 23.2 Å². The molecule has 0 aliphatic carbocycles. The van der Waals surface area contributed by atoms with Gasteiger partial charge in [-0.3, -0.25) is 0 Å². The summed E-state index contributed by atoms with van der Waals surface area (Å²) in [6, 6.07) is 37.4. The molecule has 0 saturated heterocycles. The Hall–Kier alpha value is -2.54. The lowest BCUT2D eigenvalue weighted by Gasteiger charge is -2.37. The molecule has 0 heterocycles. The van der Waals surface area contributed by atoms with Crippen molar-refractivity contribution in [2.24, 2.45) is 0 Å². The van der Waals surface area contributed by atoms with E-state index >= 15 is 0 Å². The Balaban J connectivity index is 2.11. The Morgan fingerprint density at radius 1 is 0.370 bits per heavy atom. The summed E-state index contributed by atoms with van der Waals surface area (Å²) in [7, 11) is 0. The van der Waals surface area contributed by atoms with Crippen molar-refractivity contribution in [2.75, 3.05) is 0 Å². The summed E-state index contributed by atoms with van der Waals surface area (Å²) in [4.78, 5) is 0. The predicted octanol–water partition coefficient (Wildman–Crippen LogP) is 7.38. The minimum Gasteiger partial charge on any atom is -0.0843 e. The third-order valence-corrected chi connectivity index (χ3v) is 5.47. The summed E-state index contributed by atoms with van der Waals surface area (Å²) >= 11 is 12.4. The van der Waals surface area contributed by atoms with Crippen LogP contribution in [0.15, 0.2) is 109 Å². The van der Waals surface area contributed by atoms with Crippen LogP contribution in [0.2, 0.25) is 10.0 Å². The Bertz CT molecular complexity index is 918. The van der Waals surface area contributed by atoms with Gasteiger partial charge in [-0.25, -0.2) is 0 Å². The fourth-order valence-electron chi connectivity index (χ4n) is 3.78. The van der Waals surface area contributed by atoms with Gasteiger partial charge in [-0.2, -0.15) is 0 Å². The molecule has 0 aromatic heterocycles. The first-order chi connectivity index (χ1) is 13.2. The highest BCUT2D eigenvalue weighted by atomic mass is 35.5. The largest absolute Gasteiger partial charge is 0.0843 e. The van der Waals surface area contributed by atoms with Crippen LogP contribution in [0.1, 0.15) is 22.3 Å². The number of benzene rings is 4. The molecule has 132 valence electrons. The van der Waals surface area contributed by atoms with Crippen LogP contribution >= 0.6 is 23.2 Å². The molecule has 27 heavy (non-hydrogen) atoms. The first-order valence-electron chi connectivity index (χ1n) is 8.84. The van der Waals surface area contributed by atoms with Crippen LogP contribution in [-0.2, 0) is 5.41 Å². The van der Waals surface area contributed by atoms with E-state index in [-0.39, 0.29) is 0 Å². The molecule has 4 rings (SSSR count). The molecule has 0 aliphatic heterocycles. The molecular weight excluding hydrogens is 371 g/mol. The van der Waals surface area contributed by atoms with Gasteiger partial charge in [0.1, 0.15) is 0 Å². The van der Waals surface area contributed by atoms with Gasteiger partial charge in [-0.05, 0) is 46.5 Å². The predicted molar refractivity (Wildman–Crippen MR) is 115 cm³/mol. The van der Waals surface area contributed by atoms with Crippen LogP contribution < -0.4 is 0 Å². The number of halogens is 2. The first-order valence-corrected chi connectivity index (χ1v) is 9.60. The van der Waals surface area contributed by atoms with Crippen LogP contribution in [0.5, 0.6) is 0 Å². The smallest absolute Gasteiger partial charge is 0.0701 e. The highest BCUT2D eigenvalue weighted by Crippen LogP contribution is 2.45. The van der Waals surface area contributed by atoms with E-state index in [0.29, 0.717) is 0 Å². The van der Waals surface area contributed by atoms with Gasteiger partial charge in [-0.15, -0.1) is 0 Å². The zero-order valence-electron chi connectivity index (χ0n) is 14.6. The van der Waals surface area contributed by atoms with Gasteiger partial charge in [0.05, 0.1) is 5.41 Å². The molecule has 0 amide bonds. The lowest BCUT2D eigenvalue weighted by molar-refractivity contribution is 0.745. The van der Waals surface area contributed by atoms with Gasteiger partial charge in [0.15, 0.2) is 0 Å². The van der Waals surface area contributed by atoms with Gasteiger partial charge < -0.3 is 0 Å². The van der Waals surface area contributed by atoms with Crippen LogP contribution in [-0.4, -0.2) is 0 Å². The molecule has 0 aliphatic rings. The third kappa shape index (κ3) is 3.27. The molecule has 4 aromatic carbocycles. The lowest BCUT2D eigenvalue weighted by Crippen LogP contribution is -2.30. The molecule has 0 atom stereocenters. The van der Waals surface area contributed by atoms with E-state index in [2.05, 4.69) is 72.8 Å². The Morgan fingerprint density at radius 2 is 0.667 bits per heavy atom. The average Bonchev–Trinajstić information content (AvgIpc) is 2.73. The van der Waals surface area contributed by atoms with Gasteiger partial charge in [0, 0.05) is 10.0 Å². The van der Waals surface area contributed by atoms with Crippen molar-refractivity contribution < 1.29 is 0 Å². The molecule has 0 fully saturated rings. The van der Waals surface area contributed by atoms with E-state index in [0.717, 1.165) is 21.2 Å². The lowest BCUT2D eigenvalue weighted by atomic mass is 9.65. The van der Waals surface area contributed by atoms with Crippen molar-refractivity contribution in [3.63, 3.8) is 0 Å². The van der Waals surface area contributed by atoms with E-state index < -0.39 is 5.41 Å². The molecule has 0 bridgehead atoms. The molecule has 0 nitrogen and oxygen atoms in total. The van der Waals surface area contributed by atoms with E-state index in [4.69, 9.17) is 23.2 Å². The van der Waals surface area contributed by atoms with Gasteiger partial charge in [-0.1, -0.05) is 108 Å². The quantitative estimate of drug-likeness (QED) is 0.320. The topological polar surface area (TPSA) is 0 Å². The maximum absolute atomic E-state index is 6.20. The number of rotatable bonds is 4. The molecule has 0 spiro atoms. The Kier molecular flexibility index (Phi) is 5.03. The SMILES string of the molecule is Clc1ccc(C(c2ccccc2)(c2ccccc2)c2ccc(Cl)cc2)cc1. The van der Waals surface area contributed by atoms with Crippen molar-refractivity contribution in [1.82, 2.24) is 0 Å². The molecule has 2 heteroatoms. The fourth-order valence-corrected chi connectivity index (χ4v) is 4.03. The minimum absolute atomic E-state index is 0.461. The van der Waals surface area contributed by atoms with Crippen LogP contribution in [0.3, 0.4) is 0 Å². The number of hydrogen-bond donors (Lipinski definition) is 0. The molecule has 4 aromatic rings. The van der Waals surface area contributed by atoms with Crippen LogP contribution in [0.4, 0.5) is 0 Å². The summed E-state index contributed by atoms with van der Waals surface area (Å²) in [6.45, 7) is 0. The maximum atomic E-state index is 6.20. The van der Waals surface area contributed by atoms with Gasteiger partial charge in [0.25, 0.3) is 0 Å². The molecule has 0 saturated carbocycles. The van der Waals surface area contributed by atoms with Gasteiger partial charge >= 0.3 is 0 Å². The van der Waals surface area contributed by atoms with Crippen molar-refractivity contribution in [3.05, 3.63) is 141 Å². The van der Waals surface area contributed by atoms with Crippen LogP contribution in [0.25, 0.3) is 0 Å². The number of hydrogen-bond acceptors (Lipinski definition) is 0. The Labute approximate surface area is 170 Å². The van der Waals surface area contributed by atoms with Crippen molar-refractivity contribution in [3.8, 4) is 0 Å². The minimum atomic E-state index is -0.461. The molecule has 0 radical (unpaired) electrons. The second-order valence-corrected chi connectivity index (χ2v) is 7.37.